The fourth-order valence-electron chi connectivity index (χ4n) is 4.09. The predicted molar refractivity (Wildman–Crippen MR) is 130 cm³/mol. The average Bonchev–Trinajstić information content (AvgIpc) is 3.22. The summed E-state index contributed by atoms with van der Waals surface area (Å²) < 4.78 is 1.89. The zero-order valence-corrected chi connectivity index (χ0v) is 17.9. The first-order valence-electron chi connectivity index (χ1n) is 10.7. The molecule has 0 saturated carbocycles. The van der Waals surface area contributed by atoms with Crippen LogP contribution < -0.4 is 5.32 Å². The van der Waals surface area contributed by atoms with Crippen LogP contribution in [0.4, 0.5) is 5.69 Å². The van der Waals surface area contributed by atoms with Gasteiger partial charge < -0.3 is 5.32 Å². The van der Waals surface area contributed by atoms with E-state index < -0.39 is 0 Å². The van der Waals surface area contributed by atoms with Crippen LogP contribution in [-0.4, -0.2) is 25.5 Å². The van der Waals surface area contributed by atoms with Gasteiger partial charge in [0.1, 0.15) is 0 Å². The van der Waals surface area contributed by atoms with Gasteiger partial charge in [0.15, 0.2) is 5.65 Å². The molecule has 3 aromatic carbocycles. The second-order valence-corrected chi connectivity index (χ2v) is 8.00. The average molecular weight is 429 g/mol. The van der Waals surface area contributed by atoms with Crippen molar-refractivity contribution in [3.63, 3.8) is 0 Å². The second-order valence-electron chi connectivity index (χ2n) is 8.00. The summed E-state index contributed by atoms with van der Waals surface area (Å²) in [5, 5.41) is 10.0. The number of anilines is 1. The molecule has 0 spiro atoms. The van der Waals surface area contributed by atoms with Crippen molar-refractivity contribution in [2.75, 3.05) is 5.32 Å². The molecule has 6 aromatic rings. The lowest BCUT2D eigenvalue weighted by Gasteiger charge is -2.09. The molecule has 0 aliphatic heterocycles. The summed E-state index contributed by atoms with van der Waals surface area (Å²) >= 11 is 0. The second kappa shape index (κ2) is 7.53. The van der Waals surface area contributed by atoms with Gasteiger partial charge >= 0.3 is 0 Å². The molecule has 0 saturated heterocycles. The lowest BCUT2D eigenvalue weighted by molar-refractivity contribution is 0.102. The maximum Gasteiger partial charge on any atom is 0.255 e. The first kappa shape index (κ1) is 19.1. The number of aromatic nitrogens is 4. The molecule has 0 unspecified atom stereocenters. The smallest absolute Gasteiger partial charge is 0.255 e. The molecule has 0 fully saturated rings. The van der Waals surface area contributed by atoms with E-state index in [4.69, 9.17) is 10.1 Å². The summed E-state index contributed by atoms with van der Waals surface area (Å²) in [7, 11) is 0. The van der Waals surface area contributed by atoms with Gasteiger partial charge in [-0.15, -0.1) is 0 Å². The molecule has 3 aromatic heterocycles. The lowest BCUT2D eigenvalue weighted by atomic mass is 10.0. The quantitative estimate of drug-likeness (QED) is 0.394. The van der Waals surface area contributed by atoms with Crippen LogP contribution in [0.3, 0.4) is 0 Å². The fraction of sp³-hybridized carbons (Fsp3) is 0.0370. The van der Waals surface area contributed by atoms with Gasteiger partial charge in [-0.1, -0.05) is 54.1 Å². The molecule has 6 nitrogen and oxygen atoms in total. The van der Waals surface area contributed by atoms with E-state index in [1.165, 1.54) is 5.56 Å². The summed E-state index contributed by atoms with van der Waals surface area (Å²) in [6, 6.07) is 25.6. The van der Waals surface area contributed by atoms with Crippen molar-refractivity contribution in [3.05, 3.63) is 102 Å². The molecule has 158 valence electrons. The van der Waals surface area contributed by atoms with E-state index in [0.29, 0.717) is 11.3 Å². The van der Waals surface area contributed by atoms with Gasteiger partial charge in [-0.05, 0) is 37.3 Å². The van der Waals surface area contributed by atoms with Crippen molar-refractivity contribution in [1.82, 2.24) is 19.6 Å². The minimum Gasteiger partial charge on any atom is -0.322 e. The number of hydrogen-bond acceptors (Lipinski definition) is 4. The molecule has 0 radical (unpaired) electrons. The van der Waals surface area contributed by atoms with Crippen LogP contribution in [-0.2, 0) is 0 Å². The molecule has 0 aliphatic rings. The van der Waals surface area contributed by atoms with Crippen molar-refractivity contribution in [1.29, 1.82) is 0 Å². The van der Waals surface area contributed by atoms with E-state index in [1.807, 2.05) is 34.8 Å². The van der Waals surface area contributed by atoms with Crippen molar-refractivity contribution in [2.24, 2.45) is 0 Å². The van der Waals surface area contributed by atoms with Gasteiger partial charge in [0.25, 0.3) is 5.91 Å². The highest BCUT2D eigenvalue weighted by atomic mass is 16.1. The molecule has 0 atom stereocenters. The number of imidazole rings is 1. The van der Waals surface area contributed by atoms with Gasteiger partial charge in [-0.3, -0.25) is 9.78 Å². The molecule has 0 aliphatic carbocycles. The highest BCUT2D eigenvalue weighted by Gasteiger charge is 2.15. The minimum absolute atomic E-state index is 0.189. The van der Waals surface area contributed by atoms with Crippen LogP contribution in [0.15, 0.2) is 91.3 Å². The Kier molecular flexibility index (Phi) is 4.36. The van der Waals surface area contributed by atoms with E-state index in [1.54, 1.807) is 24.5 Å². The Morgan fingerprint density at radius 3 is 2.42 bits per heavy atom. The molecule has 33 heavy (non-hydrogen) atoms. The molecule has 0 bridgehead atoms. The topological polar surface area (TPSA) is 72.2 Å². The van der Waals surface area contributed by atoms with Crippen LogP contribution in [0, 0.1) is 6.92 Å². The number of aryl methyl sites for hydroxylation is 1. The highest BCUT2D eigenvalue weighted by Crippen LogP contribution is 2.31. The van der Waals surface area contributed by atoms with E-state index in [2.05, 4.69) is 53.6 Å². The van der Waals surface area contributed by atoms with Crippen molar-refractivity contribution in [2.45, 2.75) is 6.92 Å². The Morgan fingerprint density at radius 2 is 1.64 bits per heavy atom. The van der Waals surface area contributed by atoms with E-state index in [-0.39, 0.29) is 5.91 Å². The number of carbonyl (C=O) groups excluding carboxylic acids is 1. The molecule has 6 heteroatoms. The maximum atomic E-state index is 12.5. The van der Waals surface area contributed by atoms with Crippen molar-refractivity contribution < 1.29 is 4.79 Å². The number of nitrogens with zero attached hydrogens (tertiary/aromatic N) is 4. The van der Waals surface area contributed by atoms with Crippen LogP contribution in [0.5, 0.6) is 0 Å². The summed E-state index contributed by atoms with van der Waals surface area (Å²) in [5.41, 5.74) is 6.83. The Labute approximate surface area is 189 Å². The molecular weight excluding hydrogens is 410 g/mol. The van der Waals surface area contributed by atoms with Crippen LogP contribution in [0.25, 0.3) is 38.7 Å². The van der Waals surface area contributed by atoms with Crippen LogP contribution in [0.1, 0.15) is 15.9 Å². The number of benzene rings is 3. The molecule has 3 heterocycles. The SMILES string of the molecule is Cc1ccc(-c2nn3c4ccc(NC(=O)c5ccncc5)cc4nc3c3ccccc23)cc1. The Balaban J connectivity index is 1.51. The number of nitrogens with one attached hydrogen (secondary N) is 1. The first-order valence-corrected chi connectivity index (χ1v) is 10.7. The van der Waals surface area contributed by atoms with Gasteiger partial charge in [0.2, 0.25) is 0 Å². The first-order chi connectivity index (χ1) is 16.2. The number of hydrogen-bond donors (Lipinski definition) is 1. The fourth-order valence-corrected chi connectivity index (χ4v) is 4.09. The van der Waals surface area contributed by atoms with Crippen molar-refractivity contribution >= 4 is 39.0 Å². The number of fused-ring (bicyclic) bond motifs is 5. The summed E-state index contributed by atoms with van der Waals surface area (Å²) in [6.45, 7) is 2.08. The number of rotatable bonds is 3. The standard InChI is InChI=1S/C27H19N5O/c1-17-6-8-18(9-7-17)25-21-4-2-3-5-22(21)26-30-23-16-20(10-11-24(23)32(26)31-25)29-27(33)19-12-14-28-15-13-19/h2-16H,1H3,(H,29,33). The zero-order chi connectivity index (χ0) is 22.4. The normalized spacial score (nSPS) is 11.3. The van der Waals surface area contributed by atoms with Gasteiger partial charge in [0, 0.05) is 40.0 Å². The van der Waals surface area contributed by atoms with Crippen molar-refractivity contribution in [3.8, 4) is 11.3 Å². The molecule has 6 rings (SSSR count). The molecular formula is C27H19N5O. The molecule has 1 amide bonds. The monoisotopic (exact) mass is 429 g/mol. The zero-order valence-electron chi connectivity index (χ0n) is 17.9. The summed E-state index contributed by atoms with van der Waals surface area (Å²) in [4.78, 5) is 21.4. The number of amides is 1. The Morgan fingerprint density at radius 1 is 0.879 bits per heavy atom. The van der Waals surface area contributed by atoms with Crippen LogP contribution in [0.2, 0.25) is 0 Å². The Hall–Kier alpha value is -4.58. The predicted octanol–water partition coefficient (Wildman–Crippen LogP) is 5.66. The van der Waals surface area contributed by atoms with Gasteiger partial charge in [-0.25, -0.2) is 9.50 Å². The van der Waals surface area contributed by atoms with Gasteiger partial charge in [0.05, 0.1) is 16.7 Å². The third-order valence-electron chi connectivity index (χ3n) is 5.78. The van der Waals surface area contributed by atoms with Crippen LogP contribution >= 0.6 is 0 Å². The summed E-state index contributed by atoms with van der Waals surface area (Å²) in [6.07, 6.45) is 3.20. The van der Waals surface area contributed by atoms with E-state index >= 15 is 0 Å². The molecule has 1 N–H and O–H groups in total. The van der Waals surface area contributed by atoms with E-state index in [0.717, 1.165) is 38.7 Å². The van der Waals surface area contributed by atoms with E-state index in [9.17, 15) is 4.79 Å². The number of carbonyl (C=O) groups is 1. The third-order valence-corrected chi connectivity index (χ3v) is 5.78. The van der Waals surface area contributed by atoms with Gasteiger partial charge in [-0.2, -0.15) is 5.10 Å². The highest BCUT2D eigenvalue weighted by molar-refractivity contribution is 6.06. The maximum absolute atomic E-state index is 12.5. The minimum atomic E-state index is -0.189. The third kappa shape index (κ3) is 3.29. The lowest BCUT2D eigenvalue weighted by Crippen LogP contribution is -2.11. The number of pyridine rings is 1. The summed E-state index contributed by atoms with van der Waals surface area (Å²) in [5.74, 6) is -0.189. The Bertz CT molecular complexity index is 1650. The largest absolute Gasteiger partial charge is 0.322 e.